The second-order valence-corrected chi connectivity index (χ2v) is 6.62. The van der Waals surface area contributed by atoms with Gasteiger partial charge in [-0.05, 0) is 57.0 Å². The van der Waals surface area contributed by atoms with Crippen LogP contribution in [0.15, 0.2) is 18.2 Å². The molecule has 5 heteroatoms. The number of hydrogen-bond acceptors (Lipinski definition) is 5. The predicted molar refractivity (Wildman–Crippen MR) is 93.6 cm³/mol. The van der Waals surface area contributed by atoms with Gasteiger partial charge in [0.1, 0.15) is 6.61 Å². The minimum absolute atomic E-state index is 0.0294. The first-order valence-corrected chi connectivity index (χ1v) is 8.90. The number of piperidine rings is 1. The highest BCUT2D eigenvalue weighted by atomic mass is 16.5. The minimum Gasteiger partial charge on any atom is -0.504 e. The van der Waals surface area contributed by atoms with Gasteiger partial charge in [0, 0.05) is 6.04 Å². The molecular weight excluding hydrogens is 306 g/mol. The SMILES string of the molecule is CCOc1cc(C(=O)OC[C@H](C(C)C)N2CCCCC2)ccc1O. The molecule has 0 saturated carbocycles. The van der Waals surface area contributed by atoms with Crippen LogP contribution in [-0.4, -0.2) is 48.3 Å². The summed E-state index contributed by atoms with van der Waals surface area (Å²) in [5.74, 6) is 0.387. The quantitative estimate of drug-likeness (QED) is 0.773. The Hall–Kier alpha value is -1.75. The van der Waals surface area contributed by atoms with Crippen molar-refractivity contribution in [2.75, 3.05) is 26.3 Å². The van der Waals surface area contributed by atoms with Gasteiger partial charge in [0.25, 0.3) is 0 Å². The predicted octanol–water partition coefficient (Wildman–Crippen LogP) is 3.46. The van der Waals surface area contributed by atoms with E-state index in [1.54, 1.807) is 6.07 Å². The fraction of sp³-hybridized carbons (Fsp3) is 0.632. The van der Waals surface area contributed by atoms with Gasteiger partial charge in [-0.25, -0.2) is 4.79 Å². The summed E-state index contributed by atoms with van der Waals surface area (Å²) in [4.78, 5) is 14.8. The summed E-state index contributed by atoms with van der Waals surface area (Å²) in [5.41, 5.74) is 0.400. The molecule has 24 heavy (non-hydrogen) atoms. The molecule has 1 aromatic rings. The van der Waals surface area contributed by atoms with E-state index in [9.17, 15) is 9.90 Å². The van der Waals surface area contributed by atoms with Crippen molar-refractivity contribution in [2.45, 2.75) is 46.1 Å². The van der Waals surface area contributed by atoms with Gasteiger partial charge in [-0.1, -0.05) is 20.3 Å². The molecule has 1 fully saturated rings. The highest BCUT2D eigenvalue weighted by molar-refractivity contribution is 5.90. The van der Waals surface area contributed by atoms with Gasteiger partial charge in [0.05, 0.1) is 12.2 Å². The van der Waals surface area contributed by atoms with E-state index in [1.165, 1.54) is 31.4 Å². The van der Waals surface area contributed by atoms with Crippen LogP contribution in [0.5, 0.6) is 11.5 Å². The molecular formula is C19H29NO4. The monoisotopic (exact) mass is 335 g/mol. The normalized spacial score (nSPS) is 16.8. The molecule has 134 valence electrons. The molecule has 0 aromatic heterocycles. The maximum absolute atomic E-state index is 12.3. The Labute approximate surface area is 144 Å². The number of aromatic hydroxyl groups is 1. The summed E-state index contributed by atoms with van der Waals surface area (Å²) in [7, 11) is 0. The van der Waals surface area contributed by atoms with Crippen molar-refractivity contribution in [2.24, 2.45) is 5.92 Å². The lowest BCUT2D eigenvalue weighted by atomic mass is 10.00. The van der Waals surface area contributed by atoms with Crippen molar-refractivity contribution in [3.8, 4) is 11.5 Å². The van der Waals surface area contributed by atoms with Gasteiger partial charge in [-0.3, -0.25) is 4.90 Å². The number of esters is 1. The molecule has 1 atom stereocenters. The number of benzene rings is 1. The highest BCUT2D eigenvalue weighted by Gasteiger charge is 2.25. The van der Waals surface area contributed by atoms with Crippen molar-refractivity contribution in [3.05, 3.63) is 23.8 Å². The molecule has 0 radical (unpaired) electrons. The number of carbonyl (C=O) groups excluding carboxylic acids is 1. The molecule has 1 aliphatic rings. The van der Waals surface area contributed by atoms with Crippen molar-refractivity contribution in [1.82, 2.24) is 4.90 Å². The molecule has 0 unspecified atom stereocenters. The molecule has 2 rings (SSSR count). The zero-order valence-electron chi connectivity index (χ0n) is 15.0. The third-order valence-electron chi connectivity index (χ3n) is 4.51. The number of phenolic OH excluding ortho intramolecular Hbond substituents is 1. The van der Waals surface area contributed by atoms with Crippen LogP contribution in [0.1, 0.15) is 50.4 Å². The summed E-state index contributed by atoms with van der Waals surface area (Å²) in [5, 5.41) is 9.73. The van der Waals surface area contributed by atoms with E-state index < -0.39 is 0 Å². The van der Waals surface area contributed by atoms with E-state index in [0.29, 0.717) is 30.4 Å². The van der Waals surface area contributed by atoms with Gasteiger partial charge in [0.2, 0.25) is 0 Å². The van der Waals surface area contributed by atoms with Crippen LogP contribution in [-0.2, 0) is 4.74 Å². The largest absolute Gasteiger partial charge is 0.504 e. The average Bonchev–Trinajstić information content (AvgIpc) is 2.57. The number of likely N-dealkylation sites (tertiary alicyclic amines) is 1. The Bertz CT molecular complexity index is 538. The second-order valence-electron chi connectivity index (χ2n) is 6.62. The highest BCUT2D eigenvalue weighted by Crippen LogP contribution is 2.27. The fourth-order valence-electron chi connectivity index (χ4n) is 3.13. The number of ether oxygens (including phenoxy) is 2. The smallest absolute Gasteiger partial charge is 0.338 e. The average molecular weight is 335 g/mol. The van der Waals surface area contributed by atoms with Gasteiger partial charge in [-0.2, -0.15) is 0 Å². The Kier molecular flexibility index (Phi) is 6.91. The van der Waals surface area contributed by atoms with Gasteiger partial charge >= 0.3 is 5.97 Å². The molecule has 1 N–H and O–H groups in total. The summed E-state index contributed by atoms with van der Waals surface area (Å²) >= 11 is 0. The molecule has 0 aliphatic carbocycles. The first kappa shape index (κ1) is 18.6. The number of carbonyl (C=O) groups is 1. The molecule has 1 aliphatic heterocycles. The van der Waals surface area contributed by atoms with Crippen LogP contribution >= 0.6 is 0 Å². The topological polar surface area (TPSA) is 59.0 Å². The minimum atomic E-state index is -0.376. The van der Waals surface area contributed by atoms with Gasteiger partial charge in [-0.15, -0.1) is 0 Å². The van der Waals surface area contributed by atoms with E-state index in [-0.39, 0.29) is 17.8 Å². The molecule has 1 aromatic carbocycles. The first-order valence-electron chi connectivity index (χ1n) is 8.90. The maximum Gasteiger partial charge on any atom is 0.338 e. The van der Waals surface area contributed by atoms with E-state index in [2.05, 4.69) is 18.7 Å². The lowest BCUT2D eigenvalue weighted by molar-refractivity contribution is 0.0233. The van der Waals surface area contributed by atoms with Gasteiger partial charge < -0.3 is 14.6 Å². The van der Waals surface area contributed by atoms with Crippen molar-refractivity contribution < 1.29 is 19.4 Å². The molecule has 0 spiro atoms. The third-order valence-corrected chi connectivity index (χ3v) is 4.51. The summed E-state index contributed by atoms with van der Waals surface area (Å²) < 4.78 is 10.9. The molecule has 5 nitrogen and oxygen atoms in total. The zero-order chi connectivity index (χ0) is 17.5. The standard InChI is InChI=1S/C19H29NO4/c1-4-23-18-12-15(8-9-17(18)21)19(22)24-13-16(14(2)3)20-10-6-5-7-11-20/h8-9,12,14,16,21H,4-7,10-11,13H2,1-3H3/t16-/m1/s1. The Balaban J connectivity index is 1.98. The van der Waals surface area contributed by atoms with Crippen LogP contribution in [0.3, 0.4) is 0 Å². The zero-order valence-corrected chi connectivity index (χ0v) is 15.0. The molecule has 0 amide bonds. The van der Waals surface area contributed by atoms with E-state index in [1.807, 2.05) is 6.92 Å². The van der Waals surface area contributed by atoms with Crippen molar-refractivity contribution >= 4 is 5.97 Å². The van der Waals surface area contributed by atoms with E-state index in [0.717, 1.165) is 13.1 Å². The van der Waals surface area contributed by atoms with Crippen LogP contribution in [0, 0.1) is 5.92 Å². The molecule has 1 saturated heterocycles. The lowest BCUT2D eigenvalue weighted by Crippen LogP contribution is -2.45. The van der Waals surface area contributed by atoms with Crippen LogP contribution in [0.25, 0.3) is 0 Å². The Morgan fingerprint density at radius 1 is 1.25 bits per heavy atom. The Morgan fingerprint density at radius 2 is 1.96 bits per heavy atom. The lowest BCUT2D eigenvalue weighted by Gasteiger charge is -2.36. The van der Waals surface area contributed by atoms with E-state index >= 15 is 0 Å². The number of rotatable bonds is 7. The number of phenols is 1. The summed E-state index contributed by atoms with van der Waals surface area (Å²) in [6, 6.07) is 4.81. The maximum atomic E-state index is 12.3. The summed E-state index contributed by atoms with van der Waals surface area (Å²) in [6.07, 6.45) is 3.72. The van der Waals surface area contributed by atoms with Crippen LogP contribution in [0.4, 0.5) is 0 Å². The van der Waals surface area contributed by atoms with Gasteiger partial charge in [0.15, 0.2) is 11.5 Å². The first-order chi connectivity index (χ1) is 11.5. The second kappa shape index (κ2) is 8.92. The fourth-order valence-corrected chi connectivity index (χ4v) is 3.13. The number of hydrogen-bond donors (Lipinski definition) is 1. The summed E-state index contributed by atoms with van der Waals surface area (Å²) in [6.45, 7) is 9.14. The van der Waals surface area contributed by atoms with E-state index in [4.69, 9.17) is 9.47 Å². The Morgan fingerprint density at radius 3 is 2.58 bits per heavy atom. The third kappa shape index (κ3) is 4.87. The van der Waals surface area contributed by atoms with Crippen molar-refractivity contribution in [1.29, 1.82) is 0 Å². The van der Waals surface area contributed by atoms with Crippen LogP contribution in [0.2, 0.25) is 0 Å². The van der Waals surface area contributed by atoms with Crippen LogP contribution < -0.4 is 4.74 Å². The number of nitrogens with zero attached hydrogens (tertiary/aromatic N) is 1. The van der Waals surface area contributed by atoms with Crippen molar-refractivity contribution in [3.63, 3.8) is 0 Å². The molecule has 1 heterocycles. The molecule has 0 bridgehead atoms.